The number of amides is 1. The van der Waals surface area contributed by atoms with Crippen LogP contribution in [0.2, 0.25) is 0 Å². The highest BCUT2D eigenvalue weighted by atomic mass is 79.9. The van der Waals surface area contributed by atoms with Gasteiger partial charge in [0, 0.05) is 4.47 Å². The monoisotopic (exact) mass is 385 g/mol. The van der Waals surface area contributed by atoms with Crippen molar-refractivity contribution in [2.45, 2.75) is 20.3 Å². The SMILES string of the molecule is Cc1ccc(Cc2nnc(NC(=O)c3ccccc3Br)o2)cc1C. The molecule has 1 aromatic heterocycles. The number of rotatable bonds is 4. The maximum Gasteiger partial charge on any atom is 0.322 e. The van der Waals surface area contributed by atoms with Crippen LogP contribution in [0.25, 0.3) is 0 Å². The number of nitrogens with zero attached hydrogens (tertiary/aromatic N) is 2. The summed E-state index contributed by atoms with van der Waals surface area (Å²) in [5.74, 6) is 0.157. The van der Waals surface area contributed by atoms with E-state index in [-0.39, 0.29) is 11.9 Å². The number of anilines is 1. The van der Waals surface area contributed by atoms with E-state index in [0.29, 0.717) is 22.3 Å². The minimum absolute atomic E-state index is 0.0922. The van der Waals surface area contributed by atoms with Gasteiger partial charge in [-0.1, -0.05) is 35.4 Å². The summed E-state index contributed by atoms with van der Waals surface area (Å²) in [6, 6.07) is 13.4. The summed E-state index contributed by atoms with van der Waals surface area (Å²) in [5.41, 5.74) is 4.05. The first-order valence-electron chi connectivity index (χ1n) is 7.47. The molecule has 2 aromatic carbocycles. The minimum atomic E-state index is -0.302. The Kier molecular flexibility index (Phi) is 4.76. The van der Waals surface area contributed by atoms with Crippen molar-refractivity contribution >= 4 is 27.9 Å². The zero-order valence-corrected chi connectivity index (χ0v) is 14.9. The van der Waals surface area contributed by atoms with Gasteiger partial charge >= 0.3 is 6.01 Å². The molecule has 0 atom stereocenters. The molecule has 0 fully saturated rings. The van der Waals surface area contributed by atoms with Gasteiger partial charge in [0.25, 0.3) is 5.91 Å². The van der Waals surface area contributed by atoms with E-state index in [1.165, 1.54) is 11.1 Å². The molecule has 0 spiro atoms. The number of hydrogen-bond donors (Lipinski definition) is 1. The van der Waals surface area contributed by atoms with E-state index in [2.05, 4.69) is 57.4 Å². The predicted molar refractivity (Wildman–Crippen MR) is 95.1 cm³/mol. The van der Waals surface area contributed by atoms with Crippen molar-refractivity contribution in [1.82, 2.24) is 10.2 Å². The molecule has 5 nitrogen and oxygen atoms in total. The van der Waals surface area contributed by atoms with Gasteiger partial charge in [-0.05, 0) is 58.6 Å². The summed E-state index contributed by atoms with van der Waals surface area (Å²) in [6.45, 7) is 4.14. The van der Waals surface area contributed by atoms with E-state index < -0.39 is 0 Å². The normalized spacial score (nSPS) is 10.6. The highest BCUT2D eigenvalue weighted by molar-refractivity contribution is 9.10. The third-order valence-electron chi connectivity index (χ3n) is 3.73. The zero-order chi connectivity index (χ0) is 17.1. The number of carbonyl (C=O) groups excluding carboxylic acids is 1. The maximum absolute atomic E-state index is 12.2. The molecule has 0 saturated heterocycles. The van der Waals surface area contributed by atoms with Gasteiger partial charge in [0.05, 0.1) is 12.0 Å². The van der Waals surface area contributed by atoms with Crippen molar-refractivity contribution in [2.75, 3.05) is 5.32 Å². The fraction of sp³-hybridized carbons (Fsp3) is 0.167. The molecular weight excluding hydrogens is 370 g/mol. The first-order chi connectivity index (χ1) is 11.5. The lowest BCUT2D eigenvalue weighted by Gasteiger charge is -2.03. The van der Waals surface area contributed by atoms with Crippen LogP contribution in [0.1, 0.15) is 32.9 Å². The number of benzene rings is 2. The highest BCUT2D eigenvalue weighted by Gasteiger charge is 2.14. The first-order valence-corrected chi connectivity index (χ1v) is 8.26. The van der Waals surface area contributed by atoms with Crippen LogP contribution in [0, 0.1) is 13.8 Å². The Labute approximate surface area is 148 Å². The van der Waals surface area contributed by atoms with Crippen LogP contribution in [-0.4, -0.2) is 16.1 Å². The lowest BCUT2D eigenvalue weighted by Crippen LogP contribution is -2.12. The van der Waals surface area contributed by atoms with E-state index in [9.17, 15) is 4.79 Å². The van der Waals surface area contributed by atoms with Gasteiger partial charge in [-0.2, -0.15) is 0 Å². The van der Waals surface area contributed by atoms with E-state index >= 15 is 0 Å². The summed E-state index contributed by atoms with van der Waals surface area (Å²) in [6.07, 6.45) is 0.527. The van der Waals surface area contributed by atoms with Crippen molar-refractivity contribution in [1.29, 1.82) is 0 Å². The molecule has 0 aliphatic carbocycles. The Balaban J connectivity index is 1.70. The average Bonchev–Trinajstić information content (AvgIpc) is 2.98. The minimum Gasteiger partial charge on any atom is -0.407 e. The standard InChI is InChI=1S/C18H16BrN3O2/c1-11-7-8-13(9-12(11)2)10-16-21-22-18(24-16)20-17(23)14-5-3-4-6-15(14)19/h3-9H,10H2,1-2H3,(H,20,22,23). The van der Waals surface area contributed by atoms with Crippen molar-refractivity contribution in [3.05, 3.63) is 75.1 Å². The van der Waals surface area contributed by atoms with Gasteiger partial charge < -0.3 is 4.42 Å². The van der Waals surface area contributed by atoms with Crippen LogP contribution in [-0.2, 0) is 6.42 Å². The number of hydrogen-bond acceptors (Lipinski definition) is 4. The Hall–Kier alpha value is -2.47. The van der Waals surface area contributed by atoms with E-state index in [0.717, 1.165) is 5.56 Å². The van der Waals surface area contributed by atoms with Gasteiger partial charge in [0.1, 0.15) is 0 Å². The second-order valence-corrected chi connectivity index (χ2v) is 6.38. The summed E-state index contributed by atoms with van der Waals surface area (Å²) in [4.78, 5) is 12.2. The van der Waals surface area contributed by atoms with Crippen LogP contribution in [0.3, 0.4) is 0 Å². The fourth-order valence-corrected chi connectivity index (χ4v) is 2.74. The largest absolute Gasteiger partial charge is 0.407 e. The number of aromatic nitrogens is 2. The second-order valence-electron chi connectivity index (χ2n) is 5.53. The van der Waals surface area contributed by atoms with Crippen molar-refractivity contribution < 1.29 is 9.21 Å². The highest BCUT2D eigenvalue weighted by Crippen LogP contribution is 2.18. The van der Waals surface area contributed by atoms with Crippen molar-refractivity contribution in [3.63, 3.8) is 0 Å². The Morgan fingerprint density at radius 1 is 1.12 bits per heavy atom. The molecule has 1 amide bonds. The molecule has 0 saturated carbocycles. The molecule has 0 bridgehead atoms. The second kappa shape index (κ2) is 6.97. The smallest absolute Gasteiger partial charge is 0.322 e. The Bertz CT molecular complexity index is 889. The van der Waals surface area contributed by atoms with Crippen LogP contribution in [0.15, 0.2) is 51.4 Å². The summed E-state index contributed by atoms with van der Waals surface area (Å²) < 4.78 is 6.23. The van der Waals surface area contributed by atoms with E-state index in [4.69, 9.17) is 4.42 Å². The van der Waals surface area contributed by atoms with Gasteiger partial charge in [-0.3, -0.25) is 10.1 Å². The number of aryl methyl sites for hydroxylation is 2. The fourth-order valence-electron chi connectivity index (χ4n) is 2.27. The molecular formula is C18H16BrN3O2. The number of nitrogens with one attached hydrogen (secondary N) is 1. The molecule has 24 heavy (non-hydrogen) atoms. The Morgan fingerprint density at radius 3 is 2.67 bits per heavy atom. The van der Waals surface area contributed by atoms with Gasteiger partial charge in [0.2, 0.25) is 5.89 Å². The lowest BCUT2D eigenvalue weighted by atomic mass is 10.0. The maximum atomic E-state index is 12.2. The van der Waals surface area contributed by atoms with Crippen LogP contribution in [0.4, 0.5) is 6.01 Å². The molecule has 3 rings (SSSR count). The molecule has 0 aliphatic rings. The van der Waals surface area contributed by atoms with Crippen molar-refractivity contribution in [3.8, 4) is 0 Å². The van der Waals surface area contributed by atoms with E-state index in [1.54, 1.807) is 18.2 Å². The molecule has 3 aromatic rings. The molecule has 0 radical (unpaired) electrons. The number of halogens is 1. The van der Waals surface area contributed by atoms with Gasteiger partial charge in [-0.15, -0.1) is 5.10 Å². The Morgan fingerprint density at radius 2 is 1.92 bits per heavy atom. The predicted octanol–water partition coefficient (Wildman–Crippen LogP) is 4.29. The summed E-state index contributed by atoms with van der Waals surface area (Å²) in [5, 5.41) is 10.5. The van der Waals surface area contributed by atoms with Crippen LogP contribution in [0.5, 0.6) is 0 Å². The van der Waals surface area contributed by atoms with Crippen LogP contribution < -0.4 is 5.32 Å². The molecule has 1 heterocycles. The average molecular weight is 386 g/mol. The molecule has 122 valence electrons. The first kappa shape index (κ1) is 16.4. The van der Waals surface area contributed by atoms with E-state index in [1.807, 2.05) is 12.1 Å². The summed E-state index contributed by atoms with van der Waals surface area (Å²) in [7, 11) is 0. The van der Waals surface area contributed by atoms with Crippen molar-refractivity contribution in [2.24, 2.45) is 0 Å². The summed E-state index contributed by atoms with van der Waals surface area (Å²) >= 11 is 3.34. The lowest BCUT2D eigenvalue weighted by molar-refractivity contribution is 0.102. The third-order valence-corrected chi connectivity index (χ3v) is 4.42. The van der Waals surface area contributed by atoms with Gasteiger partial charge in [0.15, 0.2) is 0 Å². The quantitative estimate of drug-likeness (QED) is 0.726. The molecule has 1 N–H and O–H groups in total. The van der Waals surface area contributed by atoms with Gasteiger partial charge in [-0.25, -0.2) is 0 Å². The number of carbonyl (C=O) groups is 1. The molecule has 0 aliphatic heterocycles. The van der Waals surface area contributed by atoms with Crippen LogP contribution >= 0.6 is 15.9 Å². The molecule has 0 unspecified atom stereocenters. The third kappa shape index (κ3) is 3.71. The zero-order valence-electron chi connectivity index (χ0n) is 13.3. The molecule has 6 heteroatoms. The topological polar surface area (TPSA) is 68.0 Å².